The molecule has 4 aromatic rings. The van der Waals surface area contributed by atoms with Gasteiger partial charge in [-0.15, -0.1) is 0 Å². The number of para-hydroxylation sites is 1. The van der Waals surface area contributed by atoms with Gasteiger partial charge in [0.05, 0.1) is 10.9 Å². The van der Waals surface area contributed by atoms with Crippen LogP contribution in [0.25, 0.3) is 21.8 Å². The van der Waals surface area contributed by atoms with Crippen molar-refractivity contribution in [1.82, 2.24) is 14.6 Å². The van der Waals surface area contributed by atoms with Crippen molar-refractivity contribution in [3.63, 3.8) is 0 Å². The monoisotopic (exact) mass is 354 g/mol. The molecule has 0 aliphatic heterocycles. The molecule has 0 atom stereocenters. The quantitative estimate of drug-likeness (QED) is 0.514. The van der Waals surface area contributed by atoms with E-state index < -0.39 is 17.2 Å². The van der Waals surface area contributed by atoms with Crippen LogP contribution < -0.4 is 16.7 Å². The minimum atomic E-state index is -0.726. The molecule has 4 rings (SSSR count). The Kier molecular flexibility index (Phi) is 3.43. The van der Waals surface area contributed by atoms with Crippen molar-refractivity contribution >= 4 is 39.3 Å². The van der Waals surface area contributed by atoms with E-state index in [1.165, 1.54) is 0 Å². The molecule has 0 unspecified atom stereocenters. The van der Waals surface area contributed by atoms with Crippen LogP contribution in [0.3, 0.4) is 0 Å². The number of nitrogens with zero attached hydrogens (tertiary/aromatic N) is 1. The first-order chi connectivity index (χ1) is 12.0. The molecule has 0 saturated carbocycles. The van der Waals surface area contributed by atoms with Crippen LogP contribution in [-0.2, 0) is 0 Å². The fourth-order valence-corrected chi connectivity index (χ4v) is 2.82. The van der Waals surface area contributed by atoms with Crippen LogP contribution in [0.1, 0.15) is 10.5 Å². The molecule has 2 heterocycles. The molecule has 0 aliphatic carbocycles. The molecule has 3 N–H and O–H groups in total. The van der Waals surface area contributed by atoms with Gasteiger partial charge in [0.1, 0.15) is 5.69 Å². The molecule has 2 aromatic carbocycles. The fraction of sp³-hybridized carbons (Fsp3) is 0. The van der Waals surface area contributed by atoms with Crippen LogP contribution in [0.15, 0.2) is 58.1 Å². The van der Waals surface area contributed by atoms with Crippen LogP contribution in [0, 0.1) is 0 Å². The van der Waals surface area contributed by atoms with Crippen LogP contribution in [0.2, 0.25) is 5.02 Å². The highest BCUT2D eigenvalue weighted by Crippen LogP contribution is 2.19. The Labute approximate surface area is 144 Å². The van der Waals surface area contributed by atoms with Crippen LogP contribution >= 0.6 is 11.6 Å². The van der Waals surface area contributed by atoms with Gasteiger partial charge in [-0.2, -0.15) is 4.68 Å². The van der Waals surface area contributed by atoms with E-state index in [0.29, 0.717) is 26.1 Å². The van der Waals surface area contributed by atoms with E-state index in [1.54, 1.807) is 48.5 Å². The molecule has 0 aliphatic rings. The Morgan fingerprint density at radius 1 is 1.00 bits per heavy atom. The van der Waals surface area contributed by atoms with Crippen molar-refractivity contribution in [2.75, 3.05) is 5.43 Å². The first-order valence-electron chi connectivity index (χ1n) is 7.36. The summed E-state index contributed by atoms with van der Waals surface area (Å²) in [4.78, 5) is 42.4. The average Bonchev–Trinajstić information content (AvgIpc) is 3.01. The van der Waals surface area contributed by atoms with Crippen molar-refractivity contribution < 1.29 is 4.79 Å². The minimum absolute atomic E-state index is 0.205. The molecule has 124 valence electrons. The van der Waals surface area contributed by atoms with Crippen molar-refractivity contribution in [3.8, 4) is 0 Å². The zero-order chi connectivity index (χ0) is 17.6. The second kappa shape index (κ2) is 5.64. The smallest absolute Gasteiger partial charge is 0.348 e. The predicted molar refractivity (Wildman–Crippen MR) is 95.8 cm³/mol. The zero-order valence-electron chi connectivity index (χ0n) is 12.7. The topological polar surface area (TPSA) is 99.8 Å². The Morgan fingerprint density at radius 3 is 2.64 bits per heavy atom. The van der Waals surface area contributed by atoms with Crippen LogP contribution in [0.4, 0.5) is 0 Å². The predicted octanol–water partition coefficient (Wildman–Crippen LogP) is 2.21. The number of nitrogens with one attached hydrogen (secondary N) is 3. The molecule has 2 aromatic heterocycles. The van der Waals surface area contributed by atoms with Crippen LogP contribution in [-0.4, -0.2) is 20.6 Å². The molecule has 0 radical (unpaired) electrons. The summed E-state index contributed by atoms with van der Waals surface area (Å²) in [5, 5.41) is 1.61. The van der Waals surface area contributed by atoms with E-state index in [2.05, 4.69) is 15.4 Å². The zero-order valence-corrected chi connectivity index (χ0v) is 13.4. The lowest BCUT2D eigenvalue weighted by atomic mass is 10.2. The summed E-state index contributed by atoms with van der Waals surface area (Å²) in [7, 11) is 0. The summed E-state index contributed by atoms with van der Waals surface area (Å²) in [5.74, 6) is -0.616. The minimum Gasteiger partial charge on any atom is -0.350 e. The number of benzene rings is 2. The Bertz CT molecular complexity index is 1250. The maximum Gasteiger partial charge on any atom is 0.348 e. The van der Waals surface area contributed by atoms with E-state index in [1.807, 2.05) is 0 Å². The second-order valence-corrected chi connectivity index (χ2v) is 5.91. The molecule has 8 heteroatoms. The van der Waals surface area contributed by atoms with Gasteiger partial charge in [0.15, 0.2) is 0 Å². The third-order valence-corrected chi connectivity index (χ3v) is 4.08. The molecular formula is C17H11ClN4O3. The van der Waals surface area contributed by atoms with Crippen LogP contribution in [0.5, 0.6) is 0 Å². The number of H-pyrrole nitrogens is 2. The highest BCUT2D eigenvalue weighted by Gasteiger charge is 2.14. The summed E-state index contributed by atoms with van der Waals surface area (Å²) in [6, 6.07) is 13.3. The lowest BCUT2D eigenvalue weighted by Crippen LogP contribution is -2.43. The lowest BCUT2D eigenvalue weighted by molar-refractivity contribution is 0.100. The summed E-state index contributed by atoms with van der Waals surface area (Å²) in [6.07, 6.45) is 0. The van der Waals surface area contributed by atoms with E-state index in [0.717, 1.165) is 5.39 Å². The molecule has 0 saturated heterocycles. The van der Waals surface area contributed by atoms with Gasteiger partial charge in [0, 0.05) is 15.9 Å². The number of aromatic amines is 2. The number of hydrogen-bond donors (Lipinski definition) is 3. The van der Waals surface area contributed by atoms with Gasteiger partial charge in [-0.3, -0.25) is 15.0 Å². The van der Waals surface area contributed by atoms with Gasteiger partial charge in [-0.05, 0) is 30.3 Å². The molecule has 7 nitrogen and oxygen atoms in total. The van der Waals surface area contributed by atoms with E-state index in [4.69, 9.17) is 11.6 Å². The number of carbonyl (C=O) groups is 1. The van der Waals surface area contributed by atoms with Gasteiger partial charge in [-0.25, -0.2) is 4.79 Å². The van der Waals surface area contributed by atoms with Gasteiger partial charge in [-0.1, -0.05) is 29.8 Å². The summed E-state index contributed by atoms with van der Waals surface area (Å²) in [6.45, 7) is 0. The molecule has 0 spiro atoms. The SMILES string of the molecule is O=C(Nn1c(=O)[nH]c2ccccc2c1=O)c1cc2ccc(Cl)cc2[nH]1. The van der Waals surface area contributed by atoms with Crippen molar-refractivity contribution in [2.45, 2.75) is 0 Å². The van der Waals surface area contributed by atoms with Gasteiger partial charge in [0.25, 0.3) is 11.5 Å². The van der Waals surface area contributed by atoms with E-state index in [-0.39, 0.29) is 5.69 Å². The first-order valence-corrected chi connectivity index (χ1v) is 7.74. The van der Waals surface area contributed by atoms with Gasteiger partial charge < -0.3 is 9.97 Å². The van der Waals surface area contributed by atoms with Crippen molar-refractivity contribution in [3.05, 3.63) is 80.1 Å². The van der Waals surface area contributed by atoms with E-state index >= 15 is 0 Å². The summed E-state index contributed by atoms with van der Waals surface area (Å²) >= 11 is 5.92. The molecule has 1 amide bonds. The average molecular weight is 355 g/mol. The Balaban J connectivity index is 1.76. The van der Waals surface area contributed by atoms with Crippen molar-refractivity contribution in [2.24, 2.45) is 0 Å². The number of carbonyl (C=O) groups excluding carboxylic acids is 1. The van der Waals surface area contributed by atoms with Gasteiger partial charge >= 0.3 is 5.69 Å². The standard InChI is InChI=1S/C17H11ClN4O3/c18-10-6-5-9-7-14(19-13(9)8-10)15(23)21-22-16(24)11-3-1-2-4-12(11)20-17(22)25/h1-8,19H,(H,20,25)(H,21,23). The molecule has 0 bridgehead atoms. The Hall–Kier alpha value is -3.32. The first kappa shape index (κ1) is 15.2. The maximum absolute atomic E-state index is 12.4. The summed E-state index contributed by atoms with van der Waals surface area (Å²) < 4.78 is 0.656. The molecular weight excluding hydrogens is 344 g/mol. The number of amides is 1. The number of aromatic nitrogens is 3. The van der Waals surface area contributed by atoms with Gasteiger partial charge in [0.2, 0.25) is 0 Å². The maximum atomic E-state index is 12.4. The third kappa shape index (κ3) is 2.60. The second-order valence-electron chi connectivity index (χ2n) is 5.47. The number of fused-ring (bicyclic) bond motifs is 2. The van der Waals surface area contributed by atoms with E-state index in [9.17, 15) is 14.4 Å². The molecule has 25 heavy (non-hydrogen) atoms. The lowest BCUT2D eigenvalue weighted by Gasteiger charge is -2.07. The van der Waals surface area contributed by atoms with Crippen molar-refractivity contribution in [1.29, 1.82) is 0 Å². The normalized spacial score (nSPS) is 11.1. The highest BCUT2D eigenvalue weighted by atomic mass is 35.5. The number of halogens is 1. The Morgan fingerprint density at radius 2 is 1.80 bits per heavy atom. The molecule has 0 fully saturated rings. The largest absolute Gasteiger partial charge is 0.350 e. The fourth-order valence-electron chi connectivity index (χ4n) is 2.65. The third-order valence-electron chi connectivity index (χ3n) is 3.85. The summed E-state index contributed by atoms with van der Waals surface area (Å²) in [5.41, 5.74) is 2.28. The highest BCUT2D eigenvalue weighted by molar-refractivity contribution is 6.31. The number of hydrogen-bond acceptors (Lipinski definition) is 3. The number of rotatable bonds is 2.